The minimum absolute atomic E-state index is 0.0758. The Morgan fingerprint density at radius 3 is 2.68 bits per heavy atom. The molecule has 0 radical (unpaired) electrons. The number of amides is 1. The lowest BCUT2D eigenvalue weighted by molar-refractivity contribution is 0.0694. The predicted molar refractivity (Wildman–Crippen MR) is 72.9 cm³/mol. The first-order chi connectivity index (χ1) is 9.11. The van der Waals surface area contributed by atoms with Gasteiger partial charge in [-0.1, -0.05) is 6.92 Å². The molecule has 0 aromatic carbocycles. The Balaban J connectivity index is 2.08. The summed E-state index contributed by atoms with van der Waals surface area (Å²) in [6.07, 6.45) is 2.35. The molecule has 1 amide bonds. The smallest absolute Gasteiger partial charge is 0.339 e. The van der Waals surface area contributed by atoms with E-state index >= 15 is 0 Å². The molecule has 0 atom stereocenters. The van der Waals surface area contributed by atoms with Crippen molar-refractivity contribution in [3.8, 4) is 0 Å². The van der Waals surface area contributed by atoms with Crippen LogP contribution in [0.3, 0.4) is 0 Å². The summed E-state index contributed by atoms with van der Waals surface area (Å²) in [7, 11) is 0. The van der Waals surface area contributed by atoms with Crippen LogP contribution >= 0.6 is 11.8 Å². The van der Waals surface area contributed by atoms with Gasteiger partial charge in [0.2, 0.25) is 0 Å². The lowest BCUT2D eigenvalue weighted by Crippen LogP contribution is -2.37. The third kappa shape index (κ3) is 3.32. The number of hydrogen-bond acceptors (Lipinski definition) is 4. The van der Waals surface area contributed by atoms with Crippen molar-refractivity contribution < 1.29 is 19.1 Å². The maximum atomic E-state index is 12.0. The van der Waals surface area contributed by atoms with E-state index in [0.717, 1.165) is 24.3 Å². The number of aryl methyl sites for hydroxylation is 1. The van der Waals surface area contributed by atoms with Gasteiger partial charge < -0.3 is 14.8 Å². The molecule has 1 aromatic rings. The number of carboxylic acid groups (broad SMARTS) is 1. The normalized spacial score (nSPS) is 16.3. The molecule has 1 fully saturated rings. The average Bonchev–Trinajstić information content (AvgIpc) is 2.84. The molecule has 0 bridgehead atoms. The molecule has 6 heteroatoms. The van der Waals surface area contributed by atoms with Gasteiger partial charge in [-0.3, -0.25) is 4.79 Å². The van der Waals surface area contributed by atoms with Crippen LogP contribution in [0.15, 0.2) is 10.5 Å². The molecule has 2 heterocycles. The number of rotatable bonds is 4. The van der Waals surface area contributed by atoms with Gasteiger partial charge in [0.1, 0.15) is 11.3 Å². The zero-order valence-electron chi connectivity index (χ0n) is 10.8. The molecule has 0 aliphatic carbocycles. The first kappa shape index (κ1) is 14.0. The van der Waals surface area contributed by atoms with Crippen LogP contribution in [0.1, 0.15) is 46.4 Å². The largest absolute Gasteiger partial charge is 0.478 e. The number of hydrogen-bond donors (Lipinski definition) is 2. The number of carbonyl (C=O) groups is 2. The van der Waals surface area contributed by atoms with Crippen molar-refractivity contribution in [1.82, 2.24) is 5.32 Å². The molecule has 2 N–H and O–H groups in total. The van der Waals surface area contributed by atoms with Gasteiger partial charge in [0, 0.05) is 18.5 Å². The van der Waals surface area contributed by atoms with Gasteiger partial charge in [-0.15, -0.1) is 0 Å². The van der Waals surface area contributed by atoms with Gasteiger partial charge >= 0.3 is 5.97 Å². The standard InChI is InChI=1S/C13H17NO4S/c1-2-10-9(13(16)17)7-11(18-10)12(15)14-8-3-5-19-6-4-8/h7-8H,2-6H2,1H3,(H,14,15)(H,16,17). The second-order valence-corrected chi connectivity index (χ2v) is 5.69. The van der Waals surface area contributed by atoms with Gasteiger partial charge in [0.25, 0.3) is 5.91 Å². The lowest BCUT2D eigenvalue weighted by Gasteiger charge is -2.21. The molecule has 5 nitrogen and oxygen atoms in total. The second kappa shape index (κ2) is 6.14. The quantitative estimate of drug-likeness (QED) is 0.885. The number of carboxylic acids is 1. The van der Waals surface area contributed by atoms with Crippen LogP contribution in [0.25, 0.3) is 0 Å². The molecule has 1 aliphatic rings. The number of aromatic carboxylic acids is 1. The Morgan fingerprint density at radius 2 is 2.16 bits per heavy atom. The third-order valence-corrected chi connectivity index (χ3v) is 4.19. The van der Waals surface area contributed by atoms with Gasteiger partial charge in [0.05, 0.1) is 0 Å². The van der Waals surface area contributed by atoms with E-state index in [4.69, 9.17) is 9.52 Å². The maximum Gasteiger partial charge on any atom is 0.339 e. The van der Waals surface area contributed by atoms with Crippen LogP contribution in [0.5, 0.6) is 0 Å². The van der Waals surface area contributed by atoms with Crippen molar-refractivity contribution in [2.45, 2.75) is 32.2 Å². The van der Waals surface area contributed by atoms with Crippen molar-refractivity contribution >= 4 is 23.6 Å². The van der Waals surface area contributed by atoms with E-state index in [9.17, 15) is 9.59 Å². The fourth-order valence-corrected chi connectivity index (χ4v) is 3.19. The summed E-state index contributed by atoms with van der Waals surface area (Å²) >= 11 is 1.88. The highest BCUT2D eigenvalue weighted by Crippen LogP contribution is 2.19. The second-order valence-electron chi connectivity index (χ2n) is 4.47. The van der Waals surface area contributed by atoms with Crippen molar-refractivity contribution in [3.05, 3.63) is 23.2 Å². The molecule has 1 aromatic heterocycles. The van der Waals surface area contributed by atoms with E-state index in [1.807, 2.05) is 11.8 Å². The Labute approximate surface area is 115 Å². The van der Waals surface area contributed by atoms with Crippen LogP contribution in [-0.4, -0.2) is 34.5 Å². The Kier molecular flexibility index (Phi) is 4.52. The Morgan fingerprint density at radius 1 is 1.47 bits per heavy atom. The van der Waals surface area contributed by atoms with Gasteiger partial charge in [-0.05, 0) is 24.3 Å². The van der Waals surface area contributed by atoms with Crippen LogP contribution in [-0.2, 0) is 6.42 Å². The topological polar surface area (TPSA) is 79.5 Å². The van der Waals surface area contributed by atoms with E-state index in [2.05, 4.69) is 5.32 Å². The highest BCUT2D eigenvalue weighted by molar-refractivity contribution is 7.99. The molecule has 1 aliphatic heterocycles. The van der Waals surface area contributed by atoms with Crippen LogP contribution in [0.2, 0.25) is 0 Å². The molecule has 2 rings (SSSR count). The van der Waals surface area contributed by atoms with Crippen molar-refractivity contribution in [2.24, 2.45) is 0 Å². The highest BCUT2D eigenvalue weighted by Gasteiger charge is 2.22. The zero-order chi connectivity index (χ0) is 13.8. The Hall–Kier alpha value is -1.43. The third-order valence-electron chi connectivity index (χ3n) is 3.14. The predicted octanol–water partition coefficient (Wildman–Crippen LogP) is 2.17. The summed E-state index contributed by atoms with van der Waals surface area (Å²) in [6.45, 7) is 1.80. The van der Waals surface area contributed by atoms with Gasteiger partial charge in [0.15, 0.2) is 5.76 Å². The fraction of sp³-hybridized carbons (Fsp3) is 0.538. The molecular formula is C13H17NO4S. The highest BCUT2D eigenvalue weighted by atomic mass is 32.2. The lowest BCUT2D eigenvalue weighted by atomic mass is 10.1. The van der Waals surface area contributed by atoms with Crippen molar-refractivity contribution in [2.75, 3.05) is 11.5 Å². The van der Waals surface area contributed by atoms with E-state index < -0.39 is 5.97 Å². The van der Waals surface area contributed by atoms with E-state index in [-0.39, 0.29) is 23.3 Å². The minimum Gasteiger partial charge on any atom is -0.478 e. The monoisotopic (exact) mass is 283 g/mol. The summed E-state index contributed by atoms with van der Waals surface area (Å²) in [5, 5.41) is 11.9. The van der Waals surface area contributed by atoms with E-state index in [1.54, 1.807) is 6.92 Å². The summed E-state index contributed by atoms with van der Waals surface area (Å²) in [5.74, 6) is 1.14. The van der Waals surface area contributed by atoms with Gasteiger partial charge in [-0.25, -0.2) is 4.79 Å². The number of furan rings is 1. The van der Waals surface area contributed by atoms with Crippen LogP contribution < -0.4 is 5.32 Å². The molecule has 0 unspecified atom stereocenters. The van der Waals surface area contributed by atoms with Crippen LogP contribution in [0.4, 0.5) is 0 Å². The summed E-state index contributed by atoms with van der Waals surface area (Å²) in [6, 6.07) is 1.48. The summed E-state index contributed by atoms with van der Waals surface area (Å²) in [4.78, 5) is 23.0. The molecule has 1 saturated heterocycles. The van der Waals surface area contributed by atoms with E-state index in [0.29, 0.717) is 12.2 Å². The first-order valence-electron chi connectivity index (χ1n) is 6.36. The van der Waals surface area contributed by atoms with Crippen molar-refractivity contribution in [3.63, 3.8) is 0 Å². The average molecular weight is 283 g/mol. The maximum absolute atomic E-state index is 12.0. The SMILES string of the molecule is CCc1oc(C(=O)NC2CCSCC2)cc1C(=O)O. The molecule has 19 heavy (non-hydrogen) atoms. The molecule has 0 spiro atoms. The molecular weight excluding hydrogens is 266 g/mol. The summed E-state index contributed by atoms with van der Waals surface area (Å²) in [5.41, 5.74) is 0.0758. The van der Waals surface area contributed by atoms with E-state index in [1.165, 1.54) is 6.07 Å². The first-order valence-corrected chi connectivity index (χ1v) is 7.52. The Bertz CT molecular complexity index is 477. The van der Waals surface area contributed by atoms with Crippen LogP contribution in [0, 0.1) is 0 Å². The number of thioether (sulfide) groups is 1. The molecule has 0 saturated carbocycles. The van der Waals surface area contributed by atoms with Crippen molar-refractivity contribution in [1.29, 1.82) is 0 Å². The molecule has 104 valence electrons. The summed E-state index contributed by atoms with van der Waals surface area (Å²) < 4.78 is 5.33. The number of carbonyl (C=O) groups excluding carboxylic acids is 1. The minimum atomic E-state index is -1.06. The number of nitrogens with one attached hydrogen (secondary N) is 1. The van der Waals surface area contributed by atoms with Gasteiger partial charge in [-0.2, -0.15) is 11.8 Å². The zero-order valence-corrected chi connectivity index (χ0v) is 11.6. The fourth-order valence-electron chi connectivity index (χ4n) is 2.08.